The third kappa shape index (κ3) is 1.01. The summed E-state index contributed by atoms with van der Waals surface area (Å²) in [5.41, 5.74) is 7.43. The Morgan fingerprint density at radius 3 is 3.09 bits per heavy atom. The molecule has 0 unspecified atom stereocenters. The maximum atomic E-state index is 5.63. The predicted octanol–water partition coefficient (Wildman–Crippen LogP) is -0.0611. The van der Waals surface area contributed by atoms with Crippen molar-refractivity contribution in [3.63, 3.8) is 0 Å². The smallest absolute Gasteiger partial charge is 0.179 e. The predicted molar refractivity (Wildman–Crippen MR) is 45.9 cm³/mol. The molecule has 2 radical (unpaired) electrons. The van der Waals surface area contributed by atoms with Gasteiger partial charge in [0.15, 0.2) is 16.3 Å². The third-order valence-corrected chi connectivity index (χ3v) is 2.06. The van der Waals surface area contributed by atoms with Crippen LogP contribution in [0.25, 0.3) is 10.9 Å². The van der Waals surface area contributed by atoms with Gasteiger partial charge in [-0.3, -0.25) is 5.10 Å². The van der Waals surface area contributed by atoms with E-state index in [-0.39, 0.29) is 0 Å². The fraction of sp³-hybridized carbons (Fsp3) is 0. The molecule has 0 spiro atoms. The molecule has 11 heavy (non-hydrogen) atoms. The van der Waals surface area contributed by atoms with Crippen LogP contribution >= 0.6 is 0 Å². The fourth-order valence-electron chi connectivity index (χ4n) is 1.11. The zero-order valence-corrected chi connectivity index (χ0v) is 6.99. The maximum Gasteiger partial charge on any atom is 0.179 e. The van der Waals surface area contributed by atoms with E-state index in [0.717, 1.165) is 21.0 Å². The molecule has 1 heterocycles. The molecule has 0 aliphatic rings. The van der Waals surface area contributed by atoms with Gasteiger partial charge in [0.2, 0.25) is 0 Å². The molecule has 2 aromatic rings. The highest BCUT2D eigenvalue weighted by molar-refractivity contribution is 6.38. The molecule has 0 saturated carbocycles. The van der Waals surface area contributed by atoms with Gasteiger partial charge >= 0.3 is 0 Å². The molecule has 0 amide bonds. The molecule has 1 aromatic heterocycles. The second-order valence-corrected chi connectivity index (χ2v) is 3.07. The Labute approximate surface area is 72.0 Å². The van der Waals surface area contributed by atoms with Crippen molar-refractivity contribution in [2.24, 2.45) is 0 Å². The number of aromatic amines is 1. The summed E-state index contributed by atoms with van der Waals surface area (Å²) in [4.78, 5) is 0. The zero-order chi connectivity index (χ0) is 7.84. The first kappa shape index (κ1) is 6.72. The summed E-state index contributed by atoms with van der Waals surface area (Å²) in [5, 5.41) is 7.85. The maximum absolute atomic E-state index is 5.63. The second-order valence-electron chi connectivity index (χ2n) is 2.44. The van der Waals surface area contributed by atoms with Gasteiger partial charge in [0.05, 0.1) is 6.20 Å². The van der Waals surface area contributed by atoms with Crippen molar-refractivity contribution in [3.8, 4) is 0 Å². The number of hydrogen-bond donors (Lipinski definition) is 2. The molecule has 0 saturated heterocycles. The lowest BCUT2D eigenvalue weighted by molar-refractivity contribution is 1.12. The number of aromatic nitrogens is 2. The summed E-state index contributed by atoms with van der Waals surface area (Å²) < 4.78 is 1.05. The van der Waals surface area contributed by atoms with E-state index in [9.17, 15) is 0 Å². The Hall–Kier alpha value is -0.978. The SMILES string of the molecule is Nc1c[c]([Al])c2[nH]ncc2c1. The van der Waals surface area contributed by atoms with E-state index in [0.29, 0.717) is 0 Å². The monoisotopic (exact) mass is 159 g/mol. The highest BCUT2D eigenvalue weighted by atomic mass is 27.0. The number of nitrogen functional groups attached to an aromatic ring is 1. The molecular weight excluding hydrogens is 153 g/mol. The summed E-state index contributed by atoms with van der Waals surface area (Å²) >= 11 is 2.62. The number of rotatable bonds is 0. The topological polar surface area (TPSA) is 54.7 Å². The summed E-state index contributed by atoms with van der Waals surface area (Å²) in [7, 11) is 0. The van der Waals surface area contributed by atoms with Crippen LogP contribution in [-0.4, -0.2) is 26.5 Å². The molecule has 52 valence electrons. The van der Waals surface area contributed by atoms with Crippen LogP contribution in [-0.2, 0) is 0 Å². The van der Waals surface area contributed by atoms with Crippen LogP contribution in [0.15, 0.2) is 18.3 Å². The van der Waals surface area contributed by atoms with Crippen molar-refractivity contribution in [2.45, 2.75) is 0 Å². The van der Waals surface area contributed by atoms with E-state index in [1.165, 1.54) is 0 Å². The first-order chi connectivity index (χ1) is 5.27. The van der Waals surface area contributed by atoms with Crippen molar-refractivity contribution in [1.82, 2.24) is 10.2 Å². The lowest BCUT2D eigenvalue weighted by Crippen LogP contribution is -2.05. The van der Waals surface area contributed by atoms with Crippen LogP contribution in [0.4, 0.5) is 5.69 Å². The number of benzene rings is 1. The highest BCUT2D eigenvalue weighted by Gasteiger charge is 1.97. The molecule has 0 bridgehead atoms. The van der Waals surface area contributed by atoms with E-state index in [1.54, 1.807) is 6.20 Å². The van der Waals surface area contributed by atoms with E-state index < -0.39 is 0 Å². The van der Waals surface area contributed by atoms with Crippen molar-refractivity contribution in [2.75, 3.05) is 5.73 Å². The third-order valence-electron chi connectivity index (χ3n) is 1.60. The number of hydrogen-bond acceptors (Lipinski definition) is 2. The van der Waals surface area contributed by atoms with E-state index in [4.69, 9.17) is 5.73 Å². The first-order valence-electron chi connectivity index (χ1n) is 3.25. The van der Waals surface area contributed by atoms with E-state index >= 15 is 0 Å². The van der Waals surface area contributed by atoms with Gasteiger partial charge in [-0.2, -0.15) is 5.10 Å². The molecular formula is C7H6AlN3. The number of nitrogens with one attached hydrogen (secondary N) is 1. The van der Waals surface area contributed by atoms with Crippen LogP contribution in [0.5, 0.6) is 0 Å². The average molecular weight is 159 g/mol. The molecule has 0 aliphatic carbocycles. The van der Waals surface area contributed by atoms with Gasteiger partial charge in [-0.05, 0) is 6.07 Å². The molecule has 0 aliphatic heterocycles. The van der Waals surface area contributed by atoms with Gasteiger partial charge < -0.3 is 5.73 Å². The van der Waals surface area contributed by atoms with Gasteiger partial charge in [0, 0.05) is 16.6 Å². The first-order valence-corrected chi connectivity index (χ1v) is 3.83. The molecule has 1 aromatic carbocycles. The summed E-state index contributed by atoms with van der Waals surface area (Å²) in [6.45, 7) is 0. The lowest BCUT2D eigenvalue weighted by Gasteiger charge is -1.97. The van der Waals surface area contributed by atoms with Gasteiger partial charge in [-0.25, -0.2) is 0 Å². The quantitative estimate of drug-likeness (QED) is 0.418. The standard InChI is InChI=1S/C7H6N3.Al/c8-6-1-2-7-5(3-6)4-9-10-7;/h1,3-4H,8H2,(H,9,10);. The van der Waals surface area contributed by atoms with E-state index in [1.807, 2.05) is 12.1 Å². The Balaban J connectivity index is 2.91. The van der Waals surface area contributed by atoms with Crippen molar-refractivity contribution in [1.29, 1.82) is 0 Å². The minimum absolute atomic E-state index is 0.768. The Bertz CT molecular complexity index is 393. The van der Waals surface area contributed by atoms with Gasteiger partial charge in [0.25, 0.3) is 0 Å². The highest BCUT2D eigenvalue weighted by Crippen LogP contribution is 2.10. The van der Waals surface area contributed by atoms with Gasteiger partial charge in [-0.15, -0.1) is 4.43 Å². The van der Waals surface area contributed by atoms with Crippen LogP contribution in [0, 0.1) is 0 Å². The minimum Gasteiger partial charge on any atom is -0.399 e. The number of fused-ring (bicyclic) bond motifs is 1. The van der Waals surface area contributed by atoms with Crippen molar-refractivity contribution < 1.29 is 0 Å². The van der Waals surface area contributed by atoms with Gasteiger partial charge in [-0.1, -0.05) is 6.07 Å². The molecule has 3 N–H and O–H groups in total. The van der Waals surface area contributed by atoms with Crippen LogP contribution in [0.1, 0.15) is 0 Å². The largest absolute Gasteiger partial charge is 0.399 e. The molecule has 4 heteroatoms. The summed E-state index contributed by atoms with van der Waals surface area (Å²) in [6, 6.07) is 3.79. The van der Waals surface area contributed by atoms with Crippen LogP contribution in [0.3, 0.4) is 0 Å². The molecule has 0 fully saturated rings. The van der Waals surface area contributed by atoms with Gasteiger partial charge in [0.1, 0.15) is 0 Å². The second kappa shape index (κ2) is 2.26. The number of H-pyrrole nitrogens is 1. The number of anilines is 1. The fourth-order valence-corrected chi connectivity index (χ4v) is 1.53. The molecule has 2 rings (SSSR count). The van der Waals surface area contributed by atoms with Crippen LogP contribution in [0.2, 0.25) is 0 Å². The van der Waals surface area contributed by atoms with Crippen molar-refractivity contribution >= 4 is 37.3 Å². The van der Waals surface area contributed by atoms with Crippen LogP contribution < -0.4 is 10.2 Å². The van der Waals surface area contributed by atoms with Crippen molar-refractivity contribution in [3.05, 3.63) is 18.3 Å². The Morgan fingerprint density at radius 1 is 1.45 bits per heavy atom. The molecule has 3 nitrogen and oxygen atoms in total. The lowest BCUT2D eigenvalue weighted by atomic mass is 10.2. The Kier molecular flexibility index (Phi) is 1.38. The number of nitrogens with two attached hydrogens (primary N) is 1. The summed E-state index contributed by atoms with van der Waals surface area (Å²) in [5.74, 6) is 0. The number of nitrogens with zero attached hydrogens (tertiary/aromatic N) is 1. The minimum atomic E-state index is 0.768. The van der Waals surface area contributed by atoms with E-state index in [2.05, 4.69) is 26.5 Å². The normalized spacial score (nSPS) is 10.5. The average Bonchev–Trinajstić information content (AvgIpc) is 2.34. The molecule has 0 atom stereocenters. The zero-order valence-electron chi connectivity index (χ0n) is 5.83. The summed E-state index contributed by atoms with van der Waals surface area (Å²) in [6.07, 6.45) is 1.76. The Morgan fingerprint density at radius 2 is 2.27 bits per heavy atom.